The first-order valence-electron chi connectivity index (χ1n) is 9.14. The molecule has 29 heavy (non-hydrogen) atoms. The summed E-state index contributed by atoms with van der Waals surface area (Å²) < 4.78 is 34.9. The fourth-order valence-corrected chi connectivity index (χ4v) is 2.88. The Morgan fingerprint density at radius 1 is 0.862 bits per heavy atom. The van der Waals surface area contributed by atoms with E-state index in [0.717, 1.165) is 11.1 Å². The lowest BCUT2D eigenvalue weighted by atomic mass is 10.0. The lowest BCUT2D eigenvalue weighted by Gasteiger charge is -2.19. The Morgan fingerprint density at radius 3 is 2.07 bits per heavy atom. The number of hydrogen-bond donors (Lipinski definition) is 1. The summed E-state index contributed by atoms with van der Waals surface area (Å²) in [5, 5.41) is 2.73. The second-order valence-corrected chi connectivity index (χ2v) is 6.32. The van der Waals surface area contributed by atoms with Gasteiger partial charge in [0.25, 0.3) is 0 Å². The Morgan fingerprint density at radius 2 is 1.48 bits per heavy atom. The number of benzene rings is 3. The number of carbonyl (C=O) groups excluding carboxylic acids is 1. The van der Waals surface area contributed by atoms with Crippen molar-refractivity contribution in [1.82, 2.24) is 5.32 Å². The predicted octanol–water partition coefficient (Wildman–Crippen LogP) is 4.71. The number of hydrogen-bond acceptors (Lipinski definition) is 3. The molecule has 0 aromatic heterocycles. The maximum Gasteiger partial charge on any atom is 0.387 e. The van der Waals surface area contributed by atoms with E-state index < -0.39 is 6.61 Å². The van der Waals surface area contributed by atoms with Gasteiger partial charge in [-0.05, 0) is 28.8 Å². The van der Waals surface area contributed by atoms with Crippen LogP contribution in [0.4, 0.5) is 8.78 Å². The summed E-state index contributed by atoms with van der Waals surface area (Å²) in [7, 11) is 0. The summed E-state index contributed by atoms with van der Waals surface area (Å²) in [5.41, 5.74) is 2.55. The summed E-state index contributed by atoms with van der Waals surface area (Å²) in [6.45, 7) is -2.84. The second kappa shape index (κ2) is 10.3. The van der Waals surface area contributed by atoms with Gasteiger partial charge in [-0.25, -0.2) is 0 Å². The number of nitrogens with one attached hydrogen (secondary N) is 1. The van der Waals surface area contributed by atoms with Crippen LogP contribution in [0.3, 0.4) is 0 Å². The van der Waals surface area contributed by atoms with Crippen LogP contribution in [0.15, 0.2) is 84.9 Å². The zero-order valence-corrected chi connectivity index (χ0v) is 15.6. The minimum absolute atomic E-state index is 0.0521. The molecule has 0 aliphatic carbocycles. The van der Waals surface area contributed by atoms with E-state index in [4.69, 9.17) is 4.74 Å². The molecule has 0 bridgehead atoms. The highest BCUT2D eigenvalue weighted by atomic mass is 19.3. The lowest BCUT2D eigenvalue weighted by molar-refractivity contribution is -0.127. The van der Waals surface area contributed by atoms with E-state index in [1.165, 1.54) is 12.1 Å². The normalized spacial score (nSPS) is 10.9. The molecule has 0 aliphatic rings. The van der Waals surface area contributed by atoms with Gasteiger partial charge in [0.2, 0.25) is 5.91 Å². The first-order valence-corrected chi connectivity index (χ1v) is 9.14. The van der Waals surface area contributed by atoms with Crippen molar-refractivity contribution in [2.24, 2.45) is 0 Å². The maximum atomic E-state index is 12.3. The van der Waals surface area contributed by atoms with Gasteiger partial charge >= 0.3 is 6.61 Å². The van der Waals surface area contributed by atoms with Crippen LogP contribution >= 0.6 is 0 Å². The molecule has 1 amide bonds. The number of halogens is 2. The molecule has 3 aromatic carbocycles. The summed E-state index contributed by atoms with van der Waals surface area (Å²) in [4.78, 5) is 12.3. The van der Waals surface area contributed by atoms with Crippen molar-refractivity contribution in [3.63, 3.8) is 0 Å². The Hall–Kier alpha value is -3.25. The average Bonchev–Trinajstić information content (AvgIpc) is 2.74. The van der Waals surface area contributed by atoms with Crippen LogP contribution in [0.2, 0.25) is 0 Å². The molecule has 0 saturated heterocycles. The number of rotatable bonds is 9. The largest absolute Gasteiger partial charge is 0.435 e. The van der Waals surface area contributed by atoms with E-state index in [0.29, 0.717) is 5.56 Å². The predicted molar refractivity (Wildman–Crippen MR) is 106 cm³/mol. The lowest BCUT2D eigenvalue weighted by Crippen LogP contribution is -2.28. The number of carbonyl (C=O) groups is 1. The molecule has 6 heteroatoms. The van der Waals surface area contributed by atoms with E-state index in [-0.39, 0.29) is 30.9 Å². The van der Waals surface area contributed by atoms with Crippen LogP contribution in [0, 0.1) is 0 Å². The van der Waals surface area contributed by atoms with Gasteiger partial charge in [-0.1, -0.05) is 72.8 Å². The smallest absolute Gasteiger partial charge is 0.387 e. The molecule has 3 aromatic rings. The molecular formula is C23H21F2NO3. The van der Waals surface area contributed by atoms with Gasteiger partial charge in [0, 0.05) is 6.54 Å². The molecule has 0 aliphatic heterocycles. The summed E-state index contributed by atoms with van der Waals surface area (Å²) in [6, 6.07) is 25.5. The molecule has 150 valence electrons. The topological polar surface area (TPSA) is 47.6 Å². The van der Waals surface area contributed by atoms with E-state index in [2.05, 4.69) is 10.1 Å². The Kier molecular flexibility index (Phi) is 7.30. The maximum absolute atomic E-state index is 12.3. The van der Waals surface area contributed by atoms with Crippen LogP contribution in [0.5, 0.6) is 5.75 Å². The highest BCUT2D eigenvalue weighted by Crippen LogP contribution is 2.25. The van der Waals surface area contributed by atoms with Crippen LogP contribution in [-0.4, -0.2) is 19.1 Å². The Labute approximate surface area is 168 Å². The summed E-state index contributed by atoms with van der Waals surface area (Å²) in [5.74, 6) is -0.252. The minimum Gasteiger partial charge on any atom is -0.435 e. The molecular weight excluding hydrogens is 376 g/mol. The van der Waals surface area contributed by atoms with E-state index in [1.807, 2.05) is 60.7 Å². The van der Waals surface area contributed by atoms with Gasteiger partial charge in [-0.3, -0.25) is 4.79 Å². The molecule has 0 spiro atoms. The van der Waals surface area contributed by atoms with Gasteiger partial charge in [-0.2, -0.15) is 8.78 Å². The van der Waals surface area contributed by atoms with Crippen LogP contribution < -0.4 is 10.1 Å². The van der Waals surface area contributed by atoms with Crippen molar-refractivity contribution in [3.05, 3.63) is 102 Å². The zero-order chi connectivity index (χ0) is 20.5. The van der Waals surface area contributed by atoms with Crippen molar-refractivity contribution < 1.29 is 23.0 Å². The third-order valence-electron chi connectivity index (χ3n) is 4.20. The molecule has 0 saturated carbocycles. The van der Waals surface area contributed by atoms with Gasteiger partial charge in [-0.15, -0.1) is 0 Å². The van der Waals surface area contributed by atoms with Gasteiger partial charge in [0.15, 0.2) is 0 Å². The zero-order valence-electron chi connectivity index (χ0n) is 15.6. The third kappa shape index (κ3) is 6.40. The Bertz CT molecular complexity index is 865. The van der Waals surface area contributed by atoms with Crippen molar-refractivity contribution in [3.8, 4) is 5.75 Å². The molecule has 0 heterocycles. The van der Waals surface area contributed by atoms with E-state index in [9.17, 15) is 13.6 Å². The summed E-state index contributed by atoms with van der Waals surface area (Å²) in [6.07, 6.45) is -0.370. The quantitative estimate of drug-likeness (QED) is 0.569. The molecule has 4 nitrogen and oxygen atoms in total. The van der Waals surface area contributed by atoms with Crippen molar-refractivity contribution >= 4 is 5.91 Å². The number of amides is 1. The molecule has 3 rings (SSSR count). The highest BCUT2D eigenvalue weighted by Gasteiger charge is 2.16. The monoisotopic (exact) mass is 397 g/mol. The van der Waals surface area contributed by atoms with E-state index in [1.54, 1.807) is 12.1 Å². The molecule has 0 atom stereocenters. The number of alkyl halides is 2. The van der Waals surface area contributed by atoms with Gasteiger partial charge in [0.1, 0.15) is 18.5 Å². The van der Waals surface area contributed by atoms with Crippen molar-refractivity contribution in [1.29, 1.82) is 0 Å². The standard InChI is InChI=1S/C23H21F2NO3/c24-23(25)29-20-13-7-8-17(14-20)15-26-21(27)16-28-22(18-9-3-1-4-10-18)19-11-5-2-6-12-19/h1-14,22-23H,15-16H2,(H,26,27). The Balaban J connectivity index is 1.58. The highest BCUT2D eigenvalue weighted by molar-refractivity contribution is 5.77. The molecule has 1 N–H and O–H groups in total. The fourth-order valence-electron chi connectivity index (χ4n) is 2.88. The van der Waals surface area contributed by atoms with Crippen molar-refractivity contribution in [2.45, 2.75) is 19.3 Å². The van der Waals surface area contributed by atoms with Crippen LogP contribution in [-0.2, 0) is 16.1 Å². The second-order valence-electron chi connectivity index (χ2n) is 6.32. The minimum atomic E-state index is -2.89. The average molecular weight is 397 g/mol. The first-order chi connectivity index (χ1) is 14.1. The van der Waals surface area contributed by atoms with E-state index >= 15 is 0 Å². The van der Waals surface area contributed by atoms with Gasteiger partial charge in [0.05, 0.1) is 0 Å². The van der Waals surface area contributed by atoms with Crippen molar-refractivity contribution in [2.75, 3.05) is 6.61 Å². The number of ether oxygens (including phenoxy) is 2. The molecule has 0 fully saturated rings. The molecule has 0 unspecified atom stereocenters. The van der Waals surface area contributed by atoms with Crippen LogP contribution in [0.25, 0.3) is 0 Å². The third-order valence-corrected chi connectivity index (χ3v) is 4.20. The van der Waals surface area contributed by atoms with Crippen LogP contribution in [0.1, 0.15) is 22.8 Å². The van der Waals surface area contributed by atoms with Gasteiger partial charge < -0.3 is 14.8 Å². The fraction of sp³-hybridized carbons (Fsp3) is 0.174. The SMILES string of the molecule is O=C(COC(c1ccccc1)c1ccccc1)NCc1cccc(OC(F)F)c1. The molecule has 0 radical (unpaired) electrons. The first kappa shape index (κ1) is 20.5. The summed E-state index contributed by atoms with van der Waals surface area (Å²) >= 11 is 0.